The standard InChI is InChI=1S/C37H40F4N4O5/c38-32-24-43(23-25-1-8-31(9-2-25)50-37(39,40)41)14-11-28(32)21-34(46)29-5-10-33(42-22-29)36(48)45-15-12-27(13-16-45)35(47)26-3-6-30(7-4-26)44-17-19-49-20-18-44/h1-10,22,27-28,32H,11-21,23-24H2/t28?,32-/m1/s1. The van der Waals surface area contributed by atoms with Gasteiger partial charge in [0.15, 0.2) is 11.6 Å². The Balaban J connectivity index is 0.940. The van der Waals surface area contributed by atoms with Gasteiger partial charge in [-0.05, 0) is 85.8 Å². The van der Waals surface area contributed by atoms with E-state index in [9.17, 15) is 27.6 Å². The van der Waals surface area contributed by atoms with Crippen LogP contribution in [0.15, 0.2) is 66.9 Å². The van der Waals surface area contributed by atoms with Crippen LogP contribution in [0.2, 0.25) is 0 Å². The molecule has 3 fully saturated rings. The van der Waals surface area contributed by atoms with Crippen LogP contribution in [0.3, 0.4) is 0 Å². The van der Waals surface area contributed by atoms with Gasteiger partial charge in [0, 0.05) is 74.6 Å². The number of nitrogens with zero attached hydrogens (tertiary/aromatic N) is 4. The summed E-state index contributed by atoms with van der Waals surface area (Å²) in [4.78, 5) is 49.4. The van der Waals surface area contributed by atoms with Crippen molar-refractivity contribution in [1.29, 1.82) is 0 Å². The van der Waals surface area contributed by atoms with Crippen molar-refractivity contribution in [2.45, 2.75) is 44.8 Å². The highest BCUT2D eigenvalue weighted by molar-refractivity contribution is 5.99. The summed E-state index contributed by atoms with van der Waals surface area (Å²) in [6, 6.07) is 16.3. The Labute approximate surface area is 288 Å². The lowest BCUT2D eigenvalue weighted by atomic mass is 9.88. The fourth-order valence-electron chi connectivity index (χ4n) is 6.89. The molecule has 3 aromatic rings. The Morgan fingerprint density at radius 1 is 0.840 bits per heavy atom. The molecule has 0 N–H and O–H groups in total. The van der Waals surface area contributed by atoms with Crippen molar-refractivity contribution in [1.82, 2.24) is 14.8 Å². The highest BCUT2D eigenvalue weighted by Gasteiger charge is 2.33. The molecule has 13 heteroatoms. The number of aromatic nitrogens is 1. The molecule has 1 unspecified atom stereocenters. The molecule has 2 aromatic carbocycles. The number of alkyl halides is 4. The lowest BCUT2D eigenvalue weighted by Crippen LogP contribution is -2.42. The molecular weight excluding hydrogens is 656 g/mol. The lowest BCUT2D eigenvalue weighted by Gasteiger charge is -2.34. The van der Waals surface area contributed by atoms with Crippen LogP contribution < -0.4 is 9.64 Å². The maximum absolute atomic E-state index is 15.1. The van der Waals surface area contributed by atoms with Crippen molar-refractivity contribution in [2.75, 3.05) is 57.4 Å². The second-order valence-corrected chi connectivity index (χ2v) is 13.1. The van der Waals surface area contributed by atoms with Crippen LogP contribution in [0, 0.1) is 11.8 Å². The molecule has 0 saturated carbocycles. The second kappa shape index (κ2) is 15.7. The maximum Gasteiger partial charge on any atom is 0.573 e. The fraction of sp³-hybridized carbons (Fsp3) is 0.459. The number of Topliss-reactive ketones (excluding diaryl/α,β-unsaturated/α-hetero) is 2. The van der Waals surface area contributed by atoms with Gasteiger partial charge in [-0.3, -0.25) is 24.3 Å². The number of carbonyl (C=O) groups excluding carboxylic acids is 3. The molecule has 3 aliphatic rings. The lowest BCUT2D eigenvalue weighted by molar-refractivity contribution is -0.274. The van der Waals surface area contributed by atoms with E-state index in [1.807, 2.05) is 29.2 Å². The number of pyridine rings is 1. The van der Waals surface area contributed by atoms with Gasteiger partial charge in [0.05, 0.1) is 13.2 Å². The van der Waals surface area contributed by atoms with Crippen LogP contribution >= 0.6 is 0 Å². The molecule has 0 aliphatic carbocycles. The quantitative estimate of drug-likeness (QED) is 0.189. The fourth-order valence-corrected chi connectivity index (χ4v) is 6.89. The van der Waals surface area contributed by atoms with Gasteiger partial charge in [-0.25, -0.2) is 4.39 Å². The first-order valence-electron chi connectivity index (χ1n) is 17.0. The summed E-state index contributed by atoms with van der Waals surface area (Å²) >= 11 is 0. The van der Waals surface area contributed by atoms with Crippen molar-refractivity contribution < 1.29 is 41.4 Å². The van der Waals surface area contributed by atoms with E-state index in [0.29, 0.717) is 69.8 Å². The molecule has 9 nitrogen and oxygen atoms in total. The Morgan fingerprint density at radius 3 is 2.14 bits per heavy atom. The minimum absolute atomic E-state index is 0.00490. The van der Waals surface area contributed by atoms with Crippen LogP contribution in [0.5, 0.6) is 5.75 Å². The molecule has 2 atom stereocenters. The molecule has 6 rings (SSSR count). The summed E-state index contributed by atoms with van der Waals surface area (Å²) in [5.74, 6) is -1.39. The van der Waals surface area contributed by atoms with Gasteiger partial charge >= 0.3 is 6.36 Å². The van der Waals surface area contributed by atoms with Gasteiger partial charge in [-0.2, -0.15) is 0 Å². The molecule has 4 heterocycles. The molecule has 1 amide bonds. The van der Waals surface area contributed by atoms with Crippen LogP contribution in [0.4, 0.5) is 23.2 Å². The number of amides is 1. The molecule has 1 aromatic heterocycles. The maximum atomic E-state index is 15.1. The zero-order valence-corrected chi connectivity index (χ0v) is 27.6. The summed E-state index contributed by atoms with van der Waals surface area (Å²) in [5, 5.41) is 0. The monoisotopic (exact) mass is 696 g/mol. The second-order valence-electron chi connectivity index (χ2n) is 13.1. The van der Waals surface area contributed by atoms with E-state index in [-0.39, 0.29) is 47.8 Å². The number of likely N-dealkylation sites (tertiary alicyclic amines) is 2. The normalized spacial score (nSPS) is 20.8. The third-order valence-electron chi connectivity index (χ3n) is 9.76. The van der Waals surface area contributed by atoms with Crippen LogP contribution in [0.25, 0.3) is 0 Å². The number of carbonyl (C=O) groups is 3. The molecule has 0 spiro atoms. The Kier molecular flexibility index (Phi) is 11.1. The predicted octanol–water partition coefficient (Wildman–Crippen LogP) is 5.98. The van der Waals surface area contributed by atoms with E-state index >= 15 is 4.39 Å². The number of piperidine rings is 2. The number of benzene rings is 2. The van der Waals surface area contributed by atoms with Crippen LogP contribution in [-0.4, -0.2) is 97.3 Å². The van der Waals surface area contributed by atoms with Gasteiger partial charge < -0.3 is 19.3 Å². The molecule has 266 valence electrons. The predicted molar refractivity (Wildman–Crippen MR) is 177 cm³/mol. The minimum Gasteiger partial charge on any atom is -0.406 e. The van der Waals surface area contributed by atoms with Gasteiger partial charge in [0.2, 0.25) is 0 Å². The Bertz CT molecular complexity index is 1620. The summed E-state index contributed by atoms with van der Waals surface area (Å²) in [7, 11) is 0. The number of rotatable bonds is 10. The Morgan fingerprint density at radius 2 is 1.52 bits per heavy atom. The summed E-state index contributed by atoms with van der Waals surface area (Å²) in [6.45, 7) is 4.90. The number of ether oxygens (including phenoxy) is 2. The summed E-state index contributed by atoms with van der Waals surface area (Å²) in [6.07, 6.45) is -3.09. The van der Waals surface area contributed by atoms with Crippen molar-refractivity contribution in [3.8, 4) is 5.75 Å². The topological polar surface area (TPSA) is 92.3 Å². The molecule has 50 heavy (non-hydrogen) atoms. The highest BCUT2D eigenvalue weighted by Crippen LogP contribution is 2.29. The third kappa shape index (κ3) is 9.05. The minimum atomic E-state index is -4.77. The number of hydrogen-bond acceptors (Lipinski definition) is 8. The number of halogens is 4. The van der Waals surface area contributed by atoms with Crippen LogP contribution in [0.1, 0.15) is 62.5 Å². The van der Waals surface area contributed by atoms with Crippen molar-refractivity contribution in [2.24, 2.45) is 11.8 Å². The number of hydrogen-bond donors (Lipinski definition) is 0. The first kappa shape index (κ1) is 35.5. The van der Waals surface area contributed by atoms with E-state index in [1.54, 1.807) is 11.0 Å². The number of morpholine rings is 1. The van der Waals surface area contributed by atoms with E-state index in [2.05, 4.69) is 14.6 Å². The van der Waals surface area contributed by atoms with E-state index < -0.39 is 18.5 Å². The zero-order chi connectivity index (χ0) is 35.3. The Hall–Kier alpha value is -4.36. The first-order chi connectivity index (χ1) is 24.0. The molecule has 0 bridgehead atoms. The average molecular weight is 697 g/mol. The summed E-state index contributed by atoms with van der Waals surface area (Å²) < 4.78 is 61.6. The number of anilines is 1. The first-order valence-corrected chi connectivity index (χ1v) is 17.0. The largest absolute Gasteiger partial charge is 0.573 e. The van der Waals surface area contributed by atoms with E-state index in [0.717, 1.165) is 24.3 Å². The smallest absolute Gasteiger partial charge is 0.406 e. The van der Waals surface area contributed by atoms with Crippen molar-refractivity contribution in [3.63, 3.8) is 0 Å². The van der Waals surface area contributed by atoms with E-state index in [1.165, 1.54) is 36.5 Å². The zero-order valence-electron chi connectivity index (χ0n) is 27.6. The SMILES string of the molecule is O=C(CC1CCN(Cc2ccc(OC(F)(F)F)cc2)C[C@H]1F)c1ccc(C(=O)N2CCC(C(=O)c3ccc(N4CCOCC4)cc3)CC2)nc1. The molecule has 3 saturated heterocycles. The summed E-state index contributed by atoms with van der Waals surface area (Å²) in [5.41, 5.74) is 2.99. The number of ketones is 2. The van der Waals surface area contributed by atoms with E-state index in [4.69, 9.17) is 4.74 Å². The van der Waals surface area contributed by atoms with Crippen molar-refractivity contribution >= 4 is 23.2 Å². The van der Waals surface area contributed by atoms with Gasteiger partial charge in [0.25, 0.3) is 5.91 Å². The third-order valence-corrected chi connectivity index (χ3v) is 9.76. The molecule has 3 aliphatic heterocycles. The van der Waals surface area contributed by atoms with Gasteiger partial charge in [-0.1, -0.05) is 12.1 Å². The van der Waals surface area contributed by atoms with Gasteiger partial charge in [-0.15, -0.1) is 13.2 Å². The van der Waals surface area contributed by atoms with Crippen LogP contribution in [-0.2, 0) is 11.3 Å². The van der Waals surface area contributed by atoms with Gasteiger partial charge in [0.1, 0.15) is 17.6 Å². The molecular formula is C37H40F4N4O5. The molecule has 0 radical (unpaired) electrons. The highest BCUT2D eigenvalue weighted by atomic mass is 19.4. The average Bonchev–Trinajstić information content (AvgIpc) is 3.13. The van der Waals surface area contributed by atoms with Crippen molar-refractivity contribution in [3.05, 3.63) is 89.2 Å².